The van der Waals surface area contributed by atoms with Crippen LogP contribution >= 0.6 is 57.1 Å². The molecule has 2 aromatic rings. The van der Waals surface area contributed by atoms with Crippen molar-refractivity contribution in [3.8, 4) is 0 Å². The second-order valence-electron chi connectivity index (χ2n) is 2.96. The quantitative estimate of drug-likeness (QED) is 0.558. The van der Waals surface area contributed by atoms with E-state index in [2.05, 4.69) is 57.1 Å². The van der Waals surface area contributed by atoms with Gasteiger partial charge in [-0.25, -0.2) is 0 Å². The molecule has 0 saturated carbocycles. The summed E-state index contributed by atoms with van der Waals surface area (Å²) in [5.41, 5.74) is 0. The lowest BCUT2D eigenvalue weighted by Crippen LogP contribution is -1.62. The van der Waals surface area contributed by atoms with Crippen LogP contribution in [0.1, 0.15) is 0 Å². The van der Waals surface area contributed by atoms with E-state index in [9.17, 15) is 0 Å². The SMILES string of the molecule is Sc1ccc(Br)cc1.Sc1cccc(Br)c1. The maximum atomic E-state index is 4.12. The summed E-state index contributed by atoms with van der Waals surface area (Å²) in [5, 5.41) is 0. The van der Waals surface area contributed by atoms with Crippen LogP contribution in [0.2, 0.25) is 0 Å². The molecular weight excluding hydrogens is 368 g/mol. The minimum absolute atomic E-state index is 0.986. The van der Waals surface area contributed by atoms with Crippen molar-refractivity contribution in [1.82, 2.24) is 0 Å². The zero-order valence-electron chi connectivity index (χ0n) is 8.27. The molecule has 0 spiro atoms. The number of thiol groups is 2. The summed E-state index contributed by atoms with van der Waals surface area (Å²) >= 11 is 14.9. The molecule has 0 amide bonds. The largest absolute Gasteiger partial charge is 0.143 e. The highest BCUT2D eigenvalue weighted by atomic mass is 79.9. The summed E-state index contributed by atoms with van der Waals surface area (Å²) in [7, 11) is 0. The maximum absolute atomic E-state index is 4.12. The summed E-state index contributed by atoms with van der Waals surface area (Å²) < 4.78 is 2.17. The molecule has 0 unspecified atom stereocenters. The lowest BCUT2D eigenvalue weighted by molar-refractivity contribution is 1.45. The standard InChI is InChI=1S/2C6H5BrS/c7-5-1-3-6(8)4-2-5;7-5-2-1-3-6(8)4-5/h2*1-4,8H. The van der Waals surface area contributed by atoms with Gasteiger partial charge in [0.2, 0.25) is 0 Å². The Kier molecular flexibility index (Phi) is 6.58. The Hall–Kier alpha value is 0.1000. The molecule has 2 aromatic carbocycles. The van der Waals surface area contributed by atoms with Crippen LogP contribution in [0, 0.1) is 0 Å². The molecule has 4 heteroatoms. The summed E-state index contributed by atoms with van der Waals surface area (Å²) in [6.07, 6.45) is 0. The summed E-state index contributed by atoms with van der Waals surface area (Å²) in [4.78, 5) is 1.98. The van der Waals surface area contributed by atoms with Gasteiger partial charge < -0.3 is 0 Å². The van der Waals surface area contributed by atoms with E-state index in [0.717, 1.165) is 18.7 Å². The highest BCUT2D eigenvalue weighted by molar-refractivity contribution is 9.10. The molecule has 2 rings (SSSR count). The van der Waals surface area contributed by atoms with Gasteiger partial charge in [0.15, 0.2) is 0 Å². The highest BCUT2D eigenvalue weighted by Crippen LogP contribution is 2.13. The predicted octanol–water partition coefficient (Wildman–Crippen LogP) is 5.48. The van der Waals surface area contributed by atoms with Crippen LogP contribution in [-0.2, 0) is 0 Å². The lowest BCUT2D eigenvalue weighted by Gasteiger charge is -1.88. The second kappa shape index (κ2) is 7.43. The first-order valence-corrected chi connectivity index (χ1v) is 6.95. The molecule has 0 atom stereocenters. The number of hydrogen-bond acceptors (Lipinski definition) is 2. The lowest BCUT2D eigenvalue weighted by atomic mass is 10.4. The van der Waals surface area contributed by atoms with E-state index in [1.54, 1.807) is 0 Å². The molecule has 0 aliphatic rings. The van der Waals surface area contributed by atoms with Crippen molar-refractivity contribution >= 4 is 57.1 Å². The molecule has 0 nitrogen and oxygen atoms in total. The van der Waals surface area contributed by atoms with Crippen LogP contribution in [0.4, 0.5) is 0 Å². The molecule has 0 saturated heterocycles. The van der Waals surface area contributed by atoms with Gasteiger partial charge >= 0.3 is 0 Å². The van der Waals surface area contributed by atoms with Crippen LogP contribution in [0.25, 0.3) is 0 Å². The minimum Gasteiger partial charge on any atom is -0.143 e. The summed E-state index contributed by atoms with van der Waals surface area (Å²) in [6.45, 7) is 0. The Labute approximate surface area is 124 Å². The molecule has 0 aromatic heterocycles. The van der Waals surface area contributed by atoms with Crippen LogP contribution in [0.15, 0.2) is 67.3 Å². The number of rotatable bonds is 0. The first-order chi connectivity index (χ1) is 7.58. The topological polar surface area (TPSA) is 0 Å². The molecular formula is C12H10Br2S2. The maximum Gasteiger partial charge on any atom is 0.0186 e. The van der Waals surface area contributed by atoms with Crippen molar-refractivity contribution in [1.29, 1.82) is 0 Å². The molecule has 0 fully saturated rings. The van der Waals surface area contributed by atoms with Crippen molar-refractivity contribution in [2.24, 2.45) is 0 Å². The smallest absolute Gasteiger partial charge is 0.0186 e. The third-order valence-electron chi connectivity index (χ3n) is 1.63. The van der Waals surface area contributed by atoms with Crippen LogP contribution in [-0.4, -0.2) is 0 Å². The fraction of sp³-hybridized carbons (Fsp3) is 0. The summed E-state index contributed by atoms with van der Waals surface area (Å²) in [5.74, 6) is 0. The van der Waals surface area contributed by atoms with Gasteiger partial charge in [-0.15, -0.1) is 25.3 Å². The van der Waals surface area contributed by atoms with Crippen LogP contribution in [0.5, 0.6) is 0 Å². The van der Waals surface area contributed by atoms with E-state index in [4.69, 9.17) is 0 Å². The van der Waals surface area contributed by atoms with Gasteiger partial charge in [-0.2, -0.15) is 0 Å². The van der Waals surface area contributed by atoms with Gasteiger partial charge in [-0.3, -0.25) is 0 Å². The fourth-order valence-corrected chi connectivity index (χ4v) is 2.13. The molecule has 0 aliphatic carbocycles. The minimum atomic E-state index is 0.986. The van der Waals surface area contributed by atoms with Crippen molar-refractivity contribution in [2.45, 2.75) is 9.79 Å². The average molecular weight is 378 g/mol. The zero-order valence-corrected chi connectivity index (χ0v) is 13.2. The van der Waals surface area contributed by atoms with Crippen molar-refractivity contribution in [2.75, 3.05) is 0 Å². The Morgan fingerprint density at radius 2 is 1.31 bits per heavy atom. The zero-order chi connectivity index (χ0) is 12.0. The molecule has 0 bridgehead atoms. The third-order valence-corrected chi connectivity index (χ3v) is 3.23. The van der Waals surface area contributed by atoms with Gasteiger partial charge in [0.05, 0.1) is 0 Å². The monoisotopic (exact) mass is 376 g/mol. The van der Waals surface area contributed by atoms with Gasteiger partial charge in [0.25, 0.3) is 0 Å². The normalized spacial score (nSPS) is 9.25. The highest BCUT2D eigenvalue weighted by Gasteiger charge is 1.83. The third kappa shape index (κ3) is 5.99. The number of hydrogen-bond donors (Lipinski definition) is 2. The predicted molar refractivity (Wildman–Crippen MR) is 82.8 cm³/mol. The van der Waals surface area contributed by atoms with Gasteiger partial charge in [-0.05, 0) is 42.5 Å². The van der Waals surface area contributed by atoms with Crippen molar-refractivity contribution in [3.63, 3.8) is 0 Å². The van der Waals surface area contributed by atoms with E-state index in [-0.39, 0.29) is 0 Å². The van der Waals surface area contributed by atoms with E-state index in [1.165, 1.54) is 0 Å². The Bertz CT molecular complexity index is 403. The molecule has 0 heterocycles. The first-order valence-electron chi connectivity index (χ1n) is 4.47. The molecule has 0 aliphatic heterocycles. The van der Waals surface area contributed by atoms with Crippen LogP contribution in [0.3, 0.4) is 0 Å². The molecule has 84 valence electrons. The fourth-order valence-electron chi connectivity index (χ4n) is 0.917. The van der Waals surface area contributed by atoms with E-state index in [0.29, 0.717) is 0 Å². The van der Waals surface area contributed by atoms with Crippen molar-refractivity contribution < 1.29 is 0 Å². The second-order valence-corrected chi connectivity index (χ2v) is 5.82. The molecule has 16 heavy (non-hydrogen) atoms. The number of benzene rings is 2. The Morgan fingerprint density at radius 1 is 0.688 bits per heavy atom. The van der Waals surface area contributed by atoms with Gasteiger partial charge in [0.1, 0.15) is 0 Å². The first kappa shape index (κ1) is 14.2. The Balaban J connectivity index is 0.000000160. The van der Waals surface area contributed by atoms with E-state index < -0.39 is 0 Å². The van der Waals surface area contributed by atoms with E-state index in [1.807, 2.05) is 48.5 Å². The number of halogens is 2. The molecule has 0 radical (unpaired) electrons. The van der Waals surface area contributed by atoms with Crippen molar-refractivity contribution in [3.05, 3.63) is 57.5 Å². The average Bonchev–Trinajstić information content (AvgIpc) is 2.23. The van der Waals surface area contributed by atoms with Gasteiger partial charge in [0, 0.05) is 18.7 Å². The molecule has 0 N–H and O–H groups in total. The summed E-state index contributed by atoms with van der Waals surface area (Å²) in [6, 6.07) is 15.6. The van der Waals surface area contributed by atoms with E-state index >= 15 is 0 Å². The van der Waals surface area contributed by atoms with Crippen LogP contribution < -0.4 is 0 Å². The Morgan fingerprint density at radius 3 is 1.69 bits per heavy atom. The van der Waals surface area contributed by atoms with Gasteiger partial charge in [-0.1, -0.05) is 37.9 Å².